The van der Waals surface area contributed by atoms with Crippen molar-refractivity contribution in [1.29, 1.82) is 0 Å². The highest BCUT2D eigenvalue weighted by Gasteiger charge is 2.44. The minimum absolute atomic E-state index is 0.0210. The summed E-state index contributed by atoms with van der Waals surface area (Å²) < 4.78 is 39.3. The zero-order valence-corrected chi connectivity index (χ0v) is 38.7. The summed E-state index contributed by atoms with van der Waals surface area (Å²) in [5.74, 6) is -1.86. The van der Waals surface area contributed by atoms with Crippen molar-refractivity contribution in [3.05, 3.63) is 87.7 Å². The summed E-state index contributed by atoms with van der Waals surface area (Å²) in [5.41, 5.74) is 2.84. The molecule has 3 saturated heterocycles. The van der Waals surface area contributed by atoms with E-state index in [1.165, 1.54) is 24.3 Å². The quantitative estimate of drug-likeness (QED) is 0.128. The number of carbonyl (C=O) groups is 6. The van der Waals surface area contributed by atoms with Crippen LogP contribution in [0.1, 0.15) is 131 Å². The fourth-order valence-corrected chi connectivity index (χ4v) is 11.2. The van der Waals surface area contributed by atoms with Crippen LogP contribution < -0.4 is 20.1 Å². The summed E-state index contributed by atoms with van der Waals surface area (Å²) in [5, 5.41) is 5.20. The highest BCUT2D eigenvalue weighted by atomic mass is 32.2. The molecule has 5 aliphatic rings. The van der Waals surface area contributed by atoms with Crippen LogP contribution >= 0.6 is 0 Å². The molecular weight excluding hydrogens is 868 g/mol. The monoisotopic (exact) mass is 926 g/mol. The standard InChI is InChI=1S/C49H59FN6O9S/c1-4-65-42-26-31(12-14-41(42)64-2)40(29-66(3)63)56-48(61)34-9-8-10-38(45(34)49(56)62)51-43(57)11-6-5-7-20-53-21-18-33(19-22-53)54-23-16-30(17-24-54)35-25-32-28-55(47(60)36(32)27-37(35)50)39-13-15-44(58)52-46(39)59/h8-10,12,14,25-27,30,33,39-40H,4-7,11,13,15-24,28-29H2,1-3H3,(H,51,57)(H,52,58,59). The number of hydrogen-bond acceptors (Lipinski definition) is 11. The number of anilines is 1. The van der Waals surface area contributed by atoms with Gasteiger partial charge in [-0.3, -0.25) is 43.2 Å². The van der Waals surface area contributed by atoms with Crippen molar-refractivity contribution in [2.75, 3.05) is 63.8 Å². The molecule has 6 amide bonds. The number of nitrogens with one attached hydrogen (secondary N) is 2. The first-order valence-corrected chi connectivity index (χ1v) is 24.9. The van der Waals surface area contributed by atoms with E-state index in [4.69, 9.17) is 9.47 Å². The first kappa shape index (κ1) is 47.0. The van der Waals surface area contributed by atoms with Gasteiger partial charge in [-0.05, 0) is 138 Å². The largest absolute Gasteiger partial charge is 0.493 e. The van der Waals surface area contributed by atoms with Crippen molar-refractivity contribution in [1.82, 2.24) is 24.9 Å². The van der Waals surface area contributed by atoms with Crippen LogP contribution in [0.3, 0.4) is 0 Å². The van der Waals surface area contributed by atoms with Crippen molar-refractivity contribution in [2.24, 2.45) is 0 Å². The summed E-state index contributed by atoms with van der Waals surface area (Å²) in [6, 6.07) is 12.1. The Balaban J connectivity index is 0.764. The number of halogens is 1. The molecule has 0 saturated carbocycles. The molecule has 0 aliphatic carbocycles. The van der Waals surface area contributed by atoms with Crippen LogP contribution in [0.25, 0.3) is 0 Å². The molecule has 66 heavy (non-hydrogen) atoms. The number of amides is 6. The lowest BCUT2D eigenvalue weighted by atomic mass is 9.86. The second-order valence-electron chi connectivity index (χ2n) is 18.0. The number of hydrogen-bond donors (Lipinski definition) is 2. The maximum Gasteiger partial charge on any atom is 0.264 e. The number of benzene rings is 3. The van der Waals surface area contributed by atoms with E-state index in [1.54, 1.807) is 36.4 Å². The summed E-state index contributed by atoms with van der Waals surface area (Å²) in [4.78, 5) is 85.9. The van der Waals surface area contributed by atoms with E-state index in [2.05, 4.69) is 20.4 Å². The first-order chi connectivity index (χ1) is 31.8. The molecular formula is C49H59FN6O9S. The van der Waals surface area contributed by atoms with Crippen molar-refractivity contribution in [2.45, 2.75) is 102 Å². The van der Waals surface area contributed by atoms with Gasteiger partial charge in [-0.2, -0.15) is 0 Å². The number of rotatable bonds is 17. The third-order valence-electron chi connectivity index (χ3n) is 13.9. The zero-order chi connectivity index (χ0) is 46.6. The summed E-state index contributed by atoms with van der Waals surface area (Å²) in [6.07, 6.45) is 8.50. The normalized spacial score (nSPS) is 20.6. The molecule has 0 aromatic heterocycles. The smallest absolute Gasteiger partial charge is 0.264 e. The molecule has 17 heteroatoms. The lowest BCUT2D eigenvalue weighted by Gasteiger charge is -2.42. The Bertz CT molecular complexity index is 2420. The third-order valence-corrected chi connectivity index (χ3v) is 14.6. The van der Waals surface area contributed by atoms with Gasteiger partial charge in [-0.15, -0.1) is 0 Å². The Morgan fingerprint density at radius 3 is 2.38 bits per heavy atom. The Morgan fingerprint density at radius 2 is 1.67 bits per heavy atom. The second-order valence-corrected chi connectivity index (χ2v) is 19.5. The van der Waals surface area contributed by atoms with Gasteiger partial charge in [0.25, 0.3) is 17.7 Å². The summed E-state index contributed by atoms with van der Waals surface area (Å²) in [6.45, 7) is 7.13. The van der Waals surface area contributed by atoms with E-state index in [-0.39, 0.29) is 77.8 Å². The van der Waals surface area contributed by atoms with E-state index in [0.717, 1.165) is 81.7 Å². The summed E-state index contributed by atoms with van der Waals surface area (Å²) >= 11 is 0. The second kappa shape index (κ2) is 20.6. The van der Waals surface area contributed by atoms with Crippen LogP contribution in [-0.2, 0) is 31.7 Å². The lowest BCUT2D eigenvalue weighted by Crippen LogP contribution is -2.52. The summed E-state index contributed by atoms with van der Waals surface area (Å²) in [7, 11) is 0.159. The minimum atomic E-state index is -1.36. The van der Waals surface area contributed by atoms with Gasteiger partial charge < -0.3 is 29.5 Å². The van der Waals surface area contributed by atoms with Crippen LogP contribution in [0.2, 0.25) is 0 Å². The predicted octanol–water partition coefficient (Wildman–Crippen LogP) is 5.55. The van der Waals surface area contributed by atoms with E-state index in [0.29, 0.717) is 47.3 Å². The minimum Gasteiger partial charge on any atom is -0.493 e. The Kier molecular flexibility index (Phi) is 14.6. The van der Waals surface area contributed by atoms with Gasteiger partial charge in [-0.1, -0.05) is 24.6 Å². The van der Waals surface area contributed by atoms with Crippen LogP contribution in [0.4, 0.5) is 10.1 Å². The Morgan fingerprint density at radius 1 is 0.894 bits per heavy atom. The van der Waals surface area contributed by atoms with E-state index in [9.17, 15) is 33.0 Å². The average molecular weight is 927 g/mol. The van der Waals surface area contributed by atoms with Gasteiger partial charge >= 0.3 is 0 Å². The number of piperidine rings is 3. The molecule has 3 atom stereocenters. The molecule has 0 radical (unpaired) electrons. The van der Waals surface area contributed by atoms with Crippen molar-refractivity contribution < 1.29 is 46.8 Å². The fourth-order valence-electron chi connectivity index (χ4n) is 10.4. The fraction of sp³-hybridized carbons (Fsp3) is 0.510. The molecule has 8 rings (SSSR count). The molecule has 3 aromatic carbocycles. The maximum absolute atomic E-state index is 15.5. The third kappa shape index (κ3) is 9.93. The predicted molar refractivity (Wildman–Crippen MR) is 245 cm³/mol. The molecule has 3 unspecified atom stereocenters. The average Bonchev–Trinajstić information content (AvgIpc) is 3.75. The van der Waals surface area contributed by atoms with Gasteiger partial charge in [0.15, 0.2) is 11.5 Å². The number of carbonyl (C=O) groups excluding carboxylic acids is 6. The van der Waals surface area contributed by atoms with Crippen LogP contribution in [-0.4, -0.2) is 130 Å². The van der Waals surface area contributed by atoms with Gasteiger partial charge in [0.1, 0.15) is 11.9 Å². The number of nitrogens with zero attached hydrogens (tertiary/aromatic N) is 4. The molecule has 15 nitrogen and oxygen atoms in total. The molecule has 2 N–H and O–H groups in total. The number of fused-ring (bicyclic) bond motifs is 2. The van der Waals surface area contributed by atoms with Crippen LogP contribution in [0.5, 0.6) is 11.5 Å². The van der Waals surface area contributed by atoms with Crippen molar-refractivity contribution in [3.63, 3.8) is 0 Å². The van der Waals surface area contributed by atoms with E-state index < -0.39 is 40.6 Å². The molecule has 352 valence electrons. The van der Waals surface area contributed by atoms with Crippen molar-refractivity contribution >= 4 is 51.9 Å². The number of ether oxygens (including phenoxy) is 2. The SMILES string of the molecule is CCOc1cc(C(CS(C)=O)N2C(=O)c3cccc(NC(=O)CCCCCN4CCC(N5CCC(c6cc7c(cc6F)C(=O)N(C6CCC(=O)NC6=O)C7)CC5)CC4)c3C2=O)ccc1OC. The molecule has 0 bridgehead atoms. The van der Waals surface area contributed by atoms with Gasteiger partial charge in [-0.25, -0.2) is 4.39 Å². The number of unbranched alkanes of at least 4 members (excludes halogenated alkanes) is 2. The van der Waals surface area contributed by atoms with Gasteiger partial charge in [0.2, 0.25) is 17.7 Å². The topological polar surface area (TPSA) is 175 Å². The van der Waals surface area contributed by atoms with Gasteiger partial charge in [0, 0.05) is 53.8 Å². The molecule has 3 aromatic rings. The van der Waals surface area contributed by atoms with Crippen LogP contribution in [0.15, 0.2) is 48.5 Å². The van der Waals surface area contributed by atoms with E-state index in [1.807, 2.05) is 13.0 Å². The Hall–Kier alpha value is -5.52. The highest BCUT2D eigenvalue weighted by molar-refractivity contribution is 7.84. The Labute approximate surface area is 387 Å². The highest BCUT2D eigenvalue weighted by Crippen LogP contribution is 2.40. The zero-order valence-electron chi connectivity index (χ0n) is 37.9. The lowest BCUT2D eigenvalue weighted by molar-refractivity contribution is -0.137. The number of likely N-dealkylation sites (tertiary alicyclic amines) is 2. The number of methoxy groups -OCH3 is 1. The van der Waals surface area contributed by atoms with E-state index >= 15 is 4.39 Å². The molecule has 0 spiro atoms. The maximum atomic E-state index is 15.5. The van der Waals surface area contributed by atoms with Gasteiger partial charge in [0.05, 0.1) is 36.6 Å². The molecule has 5 aliphatic heterocycles. The van der Waals surface area contributed by atoms with Crippen LogP contribution in [0, 0.1) is 5.82 Å². The van der Waals surface area contributed by atoms with Crippen molar-refractivity contribution in [3.8, 4) is 11.5 Å². The number of imide groups is 2. The first-order valence-electron chi connectivity index (χ1n) is 23.2. The molecule has 5 heterocycles. The molecule has 3 fully saturated rings.